The summed E-state index contributed by atoms with van der Waals surface area (Å²) in [5.74, 6) is -2.67. The highest BCUT2D eigenvalue weighted by atomic mass is 19.4. The number of halogens is 6. The maximum Gasteiger partial charge on any atom is 0.471 e. The molecule has 1 amide bonds. The molecule has 0 radical (unpaired) electrons. The molecule has 0 N–H and O–H groups in total. The van der Waals surface area contributed by atoms with Gasteiger partial charge < -0.3 is 9.26 Å². The number of rotatable bonds is 4. The summed E-state index contributed by atoms with van der Waals surface area (Å²) in [6.45, 7) is 4.69. The van der Waals surface area contributed by atoms with E-state index in [9.17, 15) is 31.1 Å². The number of nitrogens with zero attached hydrogens (tertiary/aromatic N) is 3. The first-order valence-electron chi connectivity index (χ1n) is 9.82. The maximum atomic E-state index is 13.9. The van der Waals surface area contributed by atoms with Crippen molar-refractivity contribution in [2.75, 3.05) is 4.90 Å². The zero-order chi connectivity index (χ0) is 25.3. The summed E-state index contributed by atoms with van der Waals surface area (Å²) in [5.41, 5.74) is -2.59. The molecule has 0 unspecified atom stereocenters. The molecule has 0 aliphatic carbocycles. The van der Waals surface area contributed by atoms with E-state index < -0.39 is 46.9 Å². The molecule has 182 valence electrons. The highest BCUT2D eigenvalue weighted by Crippen LogP contribution is 2.40. The molecule has 12 heteroatoms. The van der Waals surface area contributed by atoms with E-state index in [0.29, 0.717) is 11.6 Å². The van der Waals surface area contributed by atoms with Crippen molar-refractivity contribution in [1.29, 1.82) is 0 Å². The summed E-state index contributed by atoms with van der Waals surface area (Å²) >= 11 is 0. The number of carbonyl (C=O) groups excluding carboxylic acids is 1. The molecule has 6 nitrogen and oxygen atoms in total. The van der Waals surface area contributed by atoms with Gasteiger partial charge in [0.15, 0.2) is 0 Å². The number of carbonyl (C=O) groups is 1. The standard InChI is InChI=1S/C22H19F6N3O3/c1-20(2,3)33-19(32)31(12-13-7-5-4-6-8-13)14-9-10-15(16(11-14)21(23,24)25)17-29-18(34-30-17)22(26,27)28/h4-11H,12H2,1-3H3. The molecule has 0 aliphatic heterocycles. The van der Waals surface area contributed by atoms with Crippen LogP contribution in [0.4, 0.5) is 36.8 Å². The summed E-state index contributed by atoms with van der Waals surface area (Å²) in [5, 5.41) is 3.04. The minimum absolute atomic E-state index is 0.118. The van der Waals surface area contributed by atoms with Crippen molar-refractivity contribution in [1.82, 2.24) is 10.1 Å². The first-order chi connectivity index (χ1) is 15.6. The highest BCUT2D eigenvalue weighted by Gasteiger charge is 2.41. The van der Waals surface area contributed by atoms with Gasteiger partial charge in [0.25, 0.3) is 0 Å². The fraction of sp³-hybridized carbons (Fsp3) is 0.318. The van der Waals surface area contributed by atoms with Gasteiger partial charge in [0.1, 0.15) is 5.60 Å². The van der Waals surface area contributed by atoms with Crippen molar-refractivity contribution in [3.05, 3.63) is 65.5 Å². The van der Waals surface area contributed by atoms with Gasteiger partial charge in [-0.3, -0.25) is 4.90 Å². The molecule has 3 aromatic rings. The van der Waals surface area contributed by atoms with Crippen LogP contribution in [-0.4, -0.2) is 21.8 Å². The Balaban J connectivity index is 2.09. The van der Waals surface area contributed by atoms with Crippen LogP contribution in [0.2, 0.25) is 0 Å². The molecule has 3 rings (SSSR count). The molecule has 0 saturated carbocycles. The van der Waals surface area contributed by atoms with Gasteiger partial charge in [-0.15, -0.1) is 0 Å². The van der Waals surface area contributed by atoms with E-state index in [4.69, 9.17) is 4.74 Å². The summed E-state index contributed by atoms with van der Waals surface area (Å²) in [4.78, 5) is 16.9. The molecule has 0 fully saturated rings. The van der Waals surface area contributed by atoms with Crippen LogP contribution in [0.1, 0.15) is 37.8 Å². The van der Waals surface area contributed by atoms with Crippen LogP contribution in [-0.2, 0) is 23.6 Å². The highest BCUT2D eigenvalue weighted by molar-refractivity contribution is 5.88. The van der Waals surface area contributed by atoms with Gasteiger partial charge in [-0.25, -0.2) is 4.79 Å². The predicted octanol–water partition coefficient (Wildman–Crippen LogP) is 6.72. The van der Waals surface area contributed by atoms with Gasteiger partial charge >= 0.3 is 24.3 Å². The zero-order valence-corrected chi connectivity index (χ0v) is 18.2. The topological polar surface area (TPSA) is 68.5 Å². The summed E-state index contributed by atoms with van der Waals surface area (Å²) < 4.78 is 89.4. The number of hydrogen-bond donors (Lipinski definition) is 0. The molecular weight excluding hydrogens is 468 g/mol. The number of amides is 1. The second-order valence-electron chi connectivity index (χ2n) is 8.20. The van der Waals surface area contributed by atoms with E-state index in [1.54, 1.807) is 51.1 Å². The zero-order valence-electron chi connectivity index (χ0n) is 18.2. The van der Waals surface area contributed by atoms with Crippen LogP contribution in [0.5, 0.6) is 0 Å². The second-order valence-corrected chi connectivity index (χ2v) is 8.20. The van der Waals surface area contributed by atoms with Gasteiger partial charge in [0.05, 0.1) is 12.1 Å². The van der Waals surface area contributed by atoms with Gasteiger partial charge in [-0.2, -0.15) is 31.3 Å². The normalized spacial score (nSPS) is 12.5. The fourth-order valence-electron chi connectivity index (χ4n) is 2.92. The molecule has 1 aromatic heterocycles. The van der Waals surface area contributed by atoms with Crippen LogP contribution in [0, 0.1) is 0 Å². The minimum Gasteiger partial charge on any atom is -0.443 e. The molecule has 34 heavy (non-hydrogen) atoms. The van der Waals surface area contributed by atoms with E-state index in [-0.39, 0.29) is 12.2 Å². The van der Waals surface area contributed by atoms with Crippen LogP contribution in [0.25, 0.3) is 11.4 Å². The Morgan fingerprint density at radius 1 is 0.971 bits per heavy atom. The van der Waals surface area contributed by atoms with Crippen LogP contribution in [0.3, 0.4) is 0 Å². The summed E-state index contributed by atoms with van der Waals surface area (Å²) in [6, 6.07) is 11.1. The number of anilines is 1. The number of ether oxygens (including phenoxy) is 1. The summed E-state index contributed by atoms with van der Waals surface area (Å²) in [7, 11) is 0. The van der Waals surface area contributed by atoms with Crippen molar-refractivity contribution < 1.29 is 40.4 Å². The Morgan fingerprint density at radius 2 is 1.62 bits per heavy atom. The van der Waals surface area contributed by atoms with Crippen LogP contribution >= 0.6 is 0 Å². The molecule has 0 atom stereocenters. The van der Waals surface area contributed by atoms with Gasteiger partial charge in [-0.1, -0.05) is 35.5 Å². The van der Waals surface area contributed by atoms with E-state index in [1.165, 1.54) is 0 Å². The average Bonchev–Trinajstić information content (AvgIpc) is 3.21. The van der Waals surface area contributed by atoms with Crippen LogP contribution < -0.4 is 4.90 Å². The maximum absolute atomic E-state index is 13.9. The van der Waals surface area contributed by atoms with E-state index >= 15 is 0 Å². The molecule has 0 bridgehead atoms. The Bertz CT molecular complexity index is 1150. The molecule has 0 spiro atoms. The Labute approximate surface area is 190 Å². The van der Waals surface area contributed by atoms with Crippen LogP contribution in [0.15, 0.2) is 53.1 Å². The molecule has 0 saturated heterocycles. The Morgan fingerprint density at radius 3 is 2.15 bits per heavy atom. The predicted molar refractivity (Wildman–Crippen MR) is 109 cm³/mol. The molecular formula is C22H19F6N3O3. The summed E-state index contributed by atoms with van der Waals surface area (Å²) in [6.07, 6.45) is -10.9. The quantitative estimate of drug-likeness (QED) is 0.383. The number of hydrogen-bond acceptors (Lipinski definition) is 5. The SMILES string of the molecule is CC(C)(C)OC(=O)N(Cc1ccccc1)c1ccc(-c2noc(C(F)(F)F)n2)c(C(F)(F)F)c1. The van der Waals surface area contributed by atoms with Gasteiger partial charge in [0.2, 0.25) is 5.82 Å². The third-order valence-corrected chi connectivity index (χ3v) is 4.33. The lowest BCUT2D eigenvalue weighted by atomic mass is 10.0. The van der Waals surface area contributed by atoms with Crippen molar-refractivity contribution in [3.8, 4) is 11.4 Å². The van der Waals surface area contributed by atoms with E-state index in [2.05, 4.69) is 14.7 Å². The first-order valence-corrected chi connectivity index (χ1v) is 9.82. The van der Waals surface area contributed by atoms with Crippen molar-refractivity contribution in [3.63, 3.8) is 0 Å². The number of alkyl halides is 6. The largest absolute Gasteiger partial charge is 0.471 e. The van der Waals surface area contributed by atoms with Crippen molar-refractivity contribution in [2.24, 2.45) is 0 Å². The van der Waals surface area contributed by atoms with Crippen molar-refractivity contribution in [2.45, 2.75) is 45.3 Å². The monoisotopic (exact) mass is 487 g/mol. The number of benzene rings is 2. The second kappa shape index (κ2) is 8.99. The number of aromatic nitrogens is 2. The lowest BCUT2D eigenvalue weighted by molar-refractivity contribution is -0.159. The fourth-order valence-corrected chi connectivity index (χ4v) is 2.92. The van der Waals surface area contributed by atoms with Gasteiger partial charge in [0, 0.05) is 11.3 Å². The van der Waals surface area contributed by atoms with Gasteiger partial charge in [-0.05, 0) is 44.5 Å². The third kappa shape index (κ3) is 6.06. The molecule has 0 aliphatic rings. The first kappa shape index (κ1) is 25.1. The minimum atomic E-state index is -5.02. The van der Waals surface area contributed by atoms with Crippen molar-refractivity contribution >= 4 is 11.8 Å². The third-order valence-electron chi connectivity index (χ3n) is 4.33. The lowest BCUT2D eigenvalue weighted by Gasteiger charge is -2.28. The lowest BCUT2D eigenvalue weighted by Crippen LogP contribution is -2.36. The Hall–Kier alpha value is -3.57. The average molecular weight is 487 g/mol. The van der Waals surface area contributed by atoms with E-state index in [0.717, 1.165) is 17.0 Å². The smallest absolute Gasteiger partial charge is 0.443 e. The molecule has 2 aromatic carbocycles. The Kier molecular flexibility index (Phi) is 6.63. The van der Waals surface area contributed by atoms with E-state index in [1.807, 2.05) is 0 Å². The molecule has 1 heterocycles.